The third-order valence-corrected chi connectivity index (χ3v) is 2.15. The van der Waals surface area contributed by atoms with Crippen molar-refractivity contribution in [3.8, 4) is 0 Å². The van der Waals surface area contributed by atoms with Crippen LogP contribution in [0.4, 0.5) is 0 Å². The summed E-state index contributed by atoms with van der Waals surface area (Å²) in [6, 6.07) is 0. The smallest absolute Gasteiger partial charge is 0.108 e. The van der Waals surface area contributed by atoms with Crippen molar-refractivity contribution in [2.45, 2.75) is 32.8 Å². The summed E-state index contributed by atoms with van der Waals surface area (Å²) in [6.45, 7) is 4.92. The first-order valence-corrected chi connectivity index (χ1v) is 4.81. The van der Waals surface area contributed by atoms with Crippen LogP contribution in [-0.4, -0.2) is 22.3 Å². The Hall–Kier alpha value is -0.830. The van der Waals surface area contributed by atoms with Crippen molar-refractivity contribution >= 4 is 0 Å². The molecule has 13 heavy (non-hydrogen) atoms. The van der Waals surface area contributed by atoms with E-state index in [-0.39, 0.29) is 0 Å². The van der Waals surface area contributed by atoms with E-state index in [9.17, 15) is 0 Å². The van der Waals surface area contributed by atoms with Crippen molar-refractivity contribution in [1.29, 1.82) is 0 Å². The summed E-state index contributed by atoms with van der Waals surface area (Å²) >= 11 is 0. The van der Waals surface area contributed by atoms with Gasteiger partial charge in [0.25, 0.3) is 0 Å². The zero-order chi connectivity index (χ0) is 9.68. The predicted octanol–water partition coefficient (Wildman–Crippen LogP) is 1.78. The Bertz CT molecular complexity index is 245. The van der Waals surface area contributed by atoms with Gasteiger partial charge in [-0.15, -0.1) is 0 Å². The van der Waals surface area contributed by atoms with Crippen LogP contribution in [0.5, 0.6) is 0 Å². The van der Waals surface area contributed by atoms with Crippen LogP contribution in [0, 0.1) is 0 Å². The highest BCUT2D eigenvalue weighted by atomic mass is 16.5. The molecular weight excluding hydrogens is 164 g/mol. The van der Waals surface area contributed by atoms with Gasteiger partial charge in [0.1, 0.15) is 5.82 Å². The first kappa shape index (κ1) is 10.3. The van der Waals surface area contributed by atoms with E-state index in [1.54, 1.807) is 0 Å². The quantitative estimate of drug-likeness (QED) is 0.694. The fourth-order valence-electron chi connectivity index (χ4n) is 1.34. The Morgan fingerprint density at radius 2 is 2.38 bits per heavy atom. The Kier molecular flexibility index (Phi) is 3.96. The molecule has 3 nitrogen and oxygen atoms in total. The van der Waals surface area contributed by atoms with E-state index in [0.717, 1.165) is 25.3 Å². The Morgan fingerprint density at radius 3 is 2.92 bits per heavy atom. The number of aromatic nitrogens is 2. The van der Waals surface area contributed by atoms with E-state index >= 15 is 0 Å². The Labute approximate surface area is 79.7 Å². The van der Waals surface area contributed by atoms with Crippen molar-refractivity contribution in [2.75, 3.05) is 6.61 Å². The summed E-state index contributed by atoms with van der Waals surface area (Å²) in [7, 11) is 2.02. The van der Waals surface area contributed by atoms with Crippen LogP contribution in [0.25, 0.3) is 0 Å². The van der Waals surface area contributed by atoms with Gasteiger partial charge in [-0.1, -0.05) is 0 Å². The summed E-state index contributed by atoms with van der Waals surface area (Å²) in [5.74, 6) is 1.13. The van der Waals surface area contributed by atoms with Crippen LogP contribution in [-0.2, 0) is 18.2 Å². The van der Waals surface area contributed by atoms with E-state index in [2.05, 4.69) is 16.5 Å². The van der Waals surface area contributed by atoms with Gasteiger partial charge < -0.3 is 9.30 Å². The SMILES string of the molecule is CCOC(C)CCc1nccn1C. The summed E-state index contributed by atoms with van der Waals surface area (Å²) in [6.07, 6.45) is 6.17. The molecule has 0 aromatic carbocycles. The summed E-state index contributed by atoms with van der Waals surface area (Å²) in [5.41, 5.74) is 0. The number of rotatable bonds is 5. The molecule has 0 saturated carbocycles. The molecule has 1 heterocycles. The number of aryl methyl sites for hydroxylation is 2. The van der Waals surface area contributed by atoms with Gasteiger partial charge >= 0.3 is 0 Å². The third-order valence-electron chi connectivity index (χ3n) is 2.15. The fraction of sp³-hybridized carbons (Fsp3) is 0.700. The van der Waals surface area contributed by atoms with E-state index in [1.807, 2.05) is 26.4 Å². The molecule has 0 aliphatic heterocycles. The molecule has 1 aromatic rings. The average molecular weight is 182 g/mol. The fourth-order valence-corrected chi connectivity index (χ4v) is 1.34. The minimum atomic E-state index is 0.335. The molecule has 74 valence electrons. The zero-order valence-electron chi connectivity index (χ0n) is 8.66. The van der Waals surface area contributed by atoms with Crippen molar-refractivity contribution in [1.82, 2.24) is 9.55 Å². The van der Waals surface area contributed by atoms with E-state index in [4.69, 9.17) is 4.74 Å². The number of nitrogens with zero attached hydrogens (tertiary/aromatic N) is 2. The normalized spacial score (nSPS) is 13.2. The number of hydrogen-bond donors (Lipinski definition) is 0. The minimum Gasteiger partial charge on any atom is -0.379 e. The van der Waals surface area contributed by atoms with Crippen LogP contribution in [0.15, 0.2) is 12.4 Å². The molecule has 0 aliphatic carbocycles. The maximum absolute atomic E-state index is 5.44. The molecule has 0 radical (unpaired) electrons. The molecule has 3 heteroatoms. The third kappa shape index (κ3) is 3.19. The standard InChI is InChI=1S/C10H18N2O/c1-4-13-9(2)5-6-10-11-7-8-12(10)3/h7-9H,4-6H2,1-3H3. The molecule has 0 amide bonds. The highest BCUT2D eigenvalue weighted by Gasteiger charge is 2.04. The lowest BCUT2D eigenvalue weighted by Gasteiger charge is -2.10. The molecule has 1 aromatic heterocycles. The van der Waals surface area contributed by atoms with Gasteiger partial charge in [-0.25, -0.2) is 4.98 Å². The van der Waals surface area contributed by atoms with Crippen molar-refractivity contribution in [3.63, 3.8) is 0 Å². The van der Waals surface area contributed by atoms with E-state index < -0.39 is 0 Å². The topological polar surface area (TPSA) is 27.1 Å². The maximum Gasteiger partial charge on any atom is 0.108 e. The number of ether oxygens (including phenoxy) is 1. The van der Waals surface area contributed by atoms with Gasteiger partial charge in [0.05, 0.1) is 6.10 Å². The lowest BCUT2D eigenvalue weighted by molar-refractivity contribution is 0.0701. The molecule has 0 N–H and O–H groups in total. The van der Waals surface area contributed by atoms with Gasteiger partial charge in [-0.2, -0.15) is 0 Å². The van der Waals surface area contributed by atoms with E-state index in [0.29, 0.717) is 6.10 Å². The molecule has 1 unspecified atom stereocenters. The average Bonchev–Trinajstić information content (AvgIpc) is 2.48. The van der Waals surface area contributed by atoms with Crippen molar-refractivity contribution in [3.05, 3.63) is 18.2 Å². The van der Waals surface area contributed by atoms with Crippen LogP contribution in [0.3, 0.4) is 0 Å². The van der Waals surface area contributed by atoms with Gasteiger partial charge in [0, 0.05) is 32.5 Å². The second kappa shape index (κ2) is 5.02. The van der Waals surface area contributed by atoms with Crippen LogP contribution in [0.2, 0.25) is 0 Å². The molecule has 0 bridgehead atoms. The van der Waals surface area contributed by atoms with E-state index in [1.165, 1.54) is 0 Å². The molecule has 0 saturated heterocycles. The second-order valence-electron chi connectivity index (χ2n) is 3.26. The maximum atomic E-state index is 5.44. The Morgan fingerprint density at radius 1 is 1.62 bits per heavy atom. The summed E-state index contributed by atoms with van der Waals surface area (Å²) in [4.78, 5) is 4.26. The van der Waals surface area contributed by atoms with Gasteiger partial charge in [-0.05, 0) is 20.3 Å². The van der Waals surface area contributed by atoms with Crippen molar-refractivity contribution in [2.24, 2.45) is 7.05 Å². The van der Waals surface area contributed by atoms with Crippen LogP contribution < -0.4 is 0 Å². The molecule has 0 spiro atoms. The first-order valence-electron chi connectivity index (χ1n) is 4.81. The Balaban J connectivity index is 2.30. The monoisotopic (exact) mass is 182 g/mol. The molecule has 1 atom stereocenters. The first-order chi connectivity index (χ1) is 6.24. The van der Waals surface area contributed by atoms with Crippen molar-refractivity contribution < 1.29 is 4.74 Å². The predicted molar refractivity (Wildman–Crippen MR) is 52.6 cm³/mol. The van der Waals surface area contributed by atoms with Crippen LogP contribution >= 0.6 is 0 Å². The van der Waals surface area contributed by atoms with Crippen LogP contribution in [0.1, 0.15) is 26.1 Å². The van der Waals surface area contributed by atoms with Gasteiger partial charge in [-0.3, -0.25) is 0 Å². The molecule has 0 aliphatic rings. The number of hydrogen-bond acceptors (Lipinski definition) is 2. The molecule has 1 rings (SSSR count). The molecule has 0 fully saturated rings. The lowest BCUT2D eigenvalue weighted by Crippen LogP contribution is -2.10. The minimum absolute atomic E-state index is 0.335. The highest BCUT2D eigenvalue weighted by Crippen LogP contribution is 2.04. The second-order valence-corrected chi connectivity index (χ2v) is 3.26. The molecular formula is C10H18N2O. The summed E-state index contributed by atoms with van der Waals surface area (Å²) in [5, 5.41) is 0. The number of imidazole rings is 1. The van der Waals surface area contributed by atoms with Gasteiger partial charge in [0.15, 0.2) is 0 Å². The zero-order valence-corrected chi connectivity index (χ0v) is 8.66. The highest BCUT2D eigenvalue weighted by molar-refractivity contribution is 4.91. The lowest BCUT2D eigenvalue weighted by atomic mass is 10.2. The van der Waals surface area contributed by atoms with Gasteiger partial charge in [0.2, 0.25) is 0 Å². The largest absolute Gasteiger partial charge is 0.379 e. The summed E-state index contributed by atoms with van der Waals surface area (Å²) < 4.78 is 7.50.